The summed E-state index contributed by atoms with van der Waals surface area (Å²) in [5, 5.41) is 16.0. The lowest BCUT2D eigenvalue weighted by Crippen LogP contribution is -2.05. The van der Waals surface area contributed by atoms with E-state index in [1.165, 1.54) is 10.6 Å². The van der Waals surface area contributed by atoms with Crippen molar-refractivity contribution in [3.8, 4) is 22.9 Å². The normalized spacial score (nSPS) is 10.9. The van der Waals surface area contributed by atoms with Gasteiger partial charge in [-0.05, 0) is 47.5 Å². The number of hydrogen-bond acceptors (Lipinski definition) is 6. The maximum absolute atomic E-state index is 14.3. The number of ether oxygens (including phenoxy) is 2. The summed E-state index contributed by atoms with van der Waals surface area (Å²) in [6.45, 7) is 0.965. The number of aromatic nitrogens is 4. The second kappa shape index (κ2) is 9.58. The first-order valence-electron chi connectivity index (χ1n) is 10.8. The molecule has 170 valence electrons. The van der Waals surface area contributed by atoms with Crippen molar-refractivity contribution in [1.29, 1.82) is 0 Å². The number of rotatable bonds is 8. The topological polar surface area (TPSA) is 73.6 Å². The van der Waals surface area contributed by atoms with Gasteiger partial charge in [-0.25, -0.2) is 4.39 Å². The zero-order valence-electron chi connectivity index (χ0n) is 18.5. The van der Waals surface area contributed by atoms with Crippen LogP contribution in [-0.2, 0) is 13.2 Å². The van der Waals surface area contributed by atoms with Gasteiger partial charge >= 0.3 is 0 Å². The molecular weight excluding hydrogens is 433 g/mol. The number of nitrogens with one attached hydrogen (secondary N) is 1. The molecule has 5 rings (SSSR count). The molecule has 0 bridgehead atoms. The smallest absolute Gasteiger partial charge is 0.188 e. The molecule has 0 aliphatic rings. The summed E-state index contributed by atoms with van der Waals surface area (Å²) in [6, 6.07) is 25.8. The Bertz CT molecular complexity index is 1420. The predicted molar refractivity (Wildman–Crippen MR) is 127 cm³/mol. The number of fused-ring (bicyclic) bond motifs is 1. The van der Waals surface area contributed by atoms with Gasteiger partial charge in [-0.15, -0.1) is 15.3 Å². The highest BCUT2D eigenvalue weighted by Crippen LogP contribution is 2.29. The molecule has 2 aromatic heterocycles. The van der Waals surface area contributed by atoms with Crippen LogP contribution in [-0.4, -0.2) is 26.9 Å². The van der Waals surface area contributed by atoms with E-state index in [9.17, 15) is 4.39 Å². The summed E-state index contributed by atoms with van der Waals surface area (Å²) >= 11 is 0. The molecule has 0 saturated carbocycles. The molecule has 7 nitrogen and oxygen atoms in total. The molecule has 8 heteroatoms. The van der Waals surface area contributed by atoms with E-state index in [1.807, 2.05) is 54.6 Å². The quantitative estimate of drug-likeness (QED) is 0.350. The lowest BCUT2D eigenvalue weighted by atomic mass is 10.2. The largest absolute Gasteiger partial charge is 0.493 e. The first kappa shape index (κ1) is 21.4. The molecule has 0 aliphatic heterocycles. The van der Waals surface area contributed by atoms with E-state index in [0.29, 0.717) is 47.5 Å². The average Bonchev–Trinajstić information content (AvgIpc) is 3.30. The van der Waals surface area contributed by atoms with Gasteiger partial charge in [0.2, 0.25) is 0 Å². The van der Waals surface area contributed by atoms with Gasteiger partial charge in [-0.1, -0.05) is 48.5 Å². The molecule has 2 heterocycles. The third-order valence-electron chi connectivity index (χ3n) is 5.32. The van der Waals surface area contributed by atoms with Gasteiger partial charge in [0.25, 0.3) is 0 Å². The van der Waals surface area contributed by atoms with Gasteiger partial charge in [0.1, 0.15) is 18.2 Å². The third-order valence-corrected chi connectivity index (χ3v) is 5.32. The Hall–Kier alpha value is -4.46. The van der Waals surface area contributed by atoms with Gasteiger partial charge in [-0.3, -0.25) is 0 Å². The minimum absolute atomic E-state index is 0.343. The number of hydrogen-bond donors (Lipinski definition) is 1. The van der Waals surface area contributed by atoms with Gasteiger partial charge in [0, 0.05) is 6.54 Å². The minimum Gasteiger partial charge on any atom is -0.493 e. The van der Waals surface area contributed by atoms with E-state index in [0.717, 1.165) is 11.1 Å². The van der Waals surface area contributed by atoms with Crippen LogP contribution in [0.2, 0.25) is 0 Å². The van der Waals surface area contributed by atoms with E-state index in [-0.39, 0.29) is 5.82 Å². The van der Waals surface area contributed by atoms with E-state index in [2.05, 4.69) is 20.6 Å². The Balaban J connectivity index is 1.31. The first-order chi connectivity index (χ1) is 16.7. The van der Waals surface area contributed by atoms with Crippen molar-refractivity contribution in [3.05, 3.63) is 102 Å². The summed E-state index contributed by atoms with van der Waals surface area (Å²) in [4.78, 5) is 0. The molecule has 0 unspecified atom stereocenters. The second-order valence-corrected chi connectivity index (χ2v) is 7.61. The molecule has 0 radical (unpaired) electrons. The highest BCUT2D eigenvalue weighted by Gasteiger charge is 2.14. The Morgan fingerprint density at radius 3 is 2.50 bits per heavy atom. The van der Waals surface area contributed by atoms with Gasteiger partial charge in [0.15, 0.2) is 23.0 Å². The Labute approximate surface area is 195 Å². The number of halogens is 1. The van der Waals surface area contributed by atoms with Crippen LogP contribution >= 0.6 is 0 Å². The molecule has 5 aromatic rings. The second-order valence-electron chi connectivity index (χ2n) is 7.61. The minimum atomic E-state index is -0.376. The summed E-state index contributed by atoms with van der Waals surface area (Å²) in [6.07, 6.45) is 0. The van der Waals surface area contributed by atoms with Gasteiger partial charge in [-0.2, -0.15) is 4.52 Å². The monoisotopic (exact) mass is 455 g/mol. The fourth-order valence-corrected chi connectivity index (χ4v) is 3.56. The van der Waals surface area contributed by atoms with Crippen LogP contribution in [0.3, 0.4) is 0 Å². The van der Waals surface area contributed by atoms with Crippen molar-refractivity contribution >= 4 is 11.5 Å². The summed E-state index contributed by atoms with van der Waals surface area (Å²) in [7, 11) is 1.62. The lowest BCUT2D eigenvalue weighted by molar-refractivity contribution is 0.284. The molecule has 0 aliphatic carbocycles. The molecule has 34 heavy (non-hydrogen) atoms. The fourth-order valence-electron chi connectivity index (χ4n) is 3.56. The molecule has 0 atom stereocenters. The summed E-state index contributed by atoms with van der Waals surface area (Å²) in [5.41, 5.74) is 2.95. The number of benzene rings is 3. The number of anilines is 1. The fraction of sp³-hybridized carbons (Fsp3) is 0.115. The number of nitrogens with zero attached hydrogens (tertiary/aromatic N) is 4. The van der Waals surface area contributed by atoms with Crippen molar-refractivity contribution in [2.75, 3.05) is 12.4 Å². The molecule has 0 saturated heterocycles. The lowest BCUT2D eigenvalue weighted by Gasteiger charge is -2.13. The predicted octanol–water partition coefficient (Wildman–Crippen LogP) is 5.13. The van der Waals surface area contributed by atoms with Crippen LogP contribution in [0.15, 0.2) is 84.9 Å². The van der Waals surface area contributed by atoms with Crippen molar-refractivity contribution in [2.45, 2.75) is 13.2 Å². The van der Waals surface area contributed by atoms with Crippen LogP contribution in [0.1, 0.15) is 11.1 Å². The van der Waals surface area contributed by atoms with E-state index in [1.54, 1.807) is 31.4 Å². The molecule has 3 aromatic carbocycles. The third kappa shape index (κ3) is 4.52. The summed E-state index contributed by atoms with van der Waals surface area (Å²) in [5.74, 6) is 1.90. The maximum Gasteiger partial charge on any atom is 0.188 e. The van der Waals surface area contributed by atoms with Crippen LogP contribution in [0.5, 0.6) is 11.5 Å². The van der Waals surface area contributed by atoms with Crippen LogP contribution in [0.4, 0.5) is 10.2 Å². The standard InChI is InChI=1S/C26H22FN5O2/c1-33-23-15-19(11-12-22(23)34-17-18-7-3-2-4-8-18)16-28-24-13-14-25-29-30-26(32(25)31-24)20-9-5-6-10-21(20)27/h2-15H,16-17H2,1H3,(H,28,31). The molecule has 0 fully saturated rings. The van der Waals surface area contributed by atoms with Crippen LogP contribution in [0, 0.1) is 5.82 Å². The molecule has 1 N–H and O–H groups in total. The van der Waals surface area contributed by atoms with Gasteiger partial charge < -0.3 is 14.8 Å². The highest BCUT2D eigenvalue weighted by atomic mass is 19.1. The zero-order chi connectivity index (χ0) is 23.3. The van der Waals surface area contributed by atoms with Gasteiger partial charge in [0.05, 0.1) is 12.7 Å². The Kier molecular flexibility index (Phi) is 6.03. The number of methoxy groups -OCH3 is 1. The average molecular weight is 455 g/mol. The summed E-state index contributed by atoms with van der Waals surface area (Å²) < 4.78 is 27.2. The Morgan fingerprint density at radius 2 is 1.68 bits per heavy atom. The Morgan fingerprint density at radius 1 is 0.853 bits per heavy atom. The van der Waals surface area contributed by atoms with Crippen molar-refractivity contribution in [1.82, 2.24) is 19.8 Å². The highest BCUT2D eigenvalue weighted by molar-refractivity contribution is 5.60. The molecule has 0 spiro atoms. The van der Waals surface area contributed by atoms with Crippen molar-refractivity contribution in [2.24, 2.45) is 0 Å². The van der Waals surface area contributed by atoms with E-state index >= 15 is 0 Å². The van der Waals surface area contributed by atoms with Crippen LogP contribution in [0.25, 0.3) is 17.0 Å². The first-order valence-corrected chi connectivity index (χ1v) is 10.8. The van der Waals surface area contributed by atoms with Crippen molar-refractivity contribution < 1.29 is 13.9 Å². The van der Waals surface area contributed by atoms with E-state index < -0.39 is 0 Å². The zero-order valence-corrected chi connectivity index (χ0v) is 18.5. The maximum atomic E-state index is 14.3. The molecule has 0 amide bonds. The molecular formula is C26H22FN5O2. The van der Waals surface area contributed by atoms with Crippen molar-refractivity contribution in [3.63, 3.8) is 0 Å². The van der Waals surface area contributed by atoms with E-state index in [4.69, 9.17) is 9.47 Å². The van der Waals surface area contributed by atoms with Crippen LogP contribution < -0.4 is 14.8 Å². The SMILES string of the molecule is COc1cc(CNc2ccc3nnc(-c4ccccc4F)n3n2)ccc1OCc1ccccc1.